The summed E-state index contributed by atoms with van der Waals surface area (Å²) < 4.78 is 10.6. The van der Waals surface area contributed by atoms with Crippen molar-refractivity contribution in [1.29, 1.82) is 0 Å². The number of hydrogen-bond acceptors (Lipinski definition) is 4. The van der Waals surface area contributed by atoms with Crippen molar-refractivity contribution in [2.45, 2.75) is 46.3 Å². The fourth-order valence-electron chi connectivity index (χ4n) is 2.00. The molecule has 0 aromatic heterocycles. The minimum Gasteiger partial charge on any atom is -0.490 e. The Morgan fingerprint density at radius 3 is 2.71 bits per heavy atom. The van der Waals surface area contributed by atoms with Crippen molar-refractivity contribution >= 4 is 11.9 Å². The van der Waals surface area contributed by atoms with E-state index in [1.54, 1.807) is 7.05 Å². The molecule has 0 aliphatic carbocycles. The van der Waals surface area contributed by atoms with Gasteiger partial charge in [0.15, 0.2) is 5.96 Å². The molecular weight excluding hydrogens is 306 g/mol. The van der Waals surface area contributed by atoms with E-state index in [1.165, 1.54) is 7.11 Å². The van der Waals surface area contributed by atoms with E-state index in [1.807, 2.05) is 6.92 Å². The number of aryl methyl sites for hydroxylation is 1. The molecule has 1 atom stereocenters. The first-order valence-electron chi connectivity index (χ1n) is 8.27. The van der Waals surface area contributed by atoms with Crippen molar-refractivity contribution in [2.24, 2.45) is 4.99 Å². The van der Waals surface area contributed by atoms with Gasteiger partial charge < -0.3 is 20.1 Å². The number of nitrogens with one attached hydrogen (secondary N) is 2. The molecule has 6 heteroatoms. The second-order valence-electron chi connectivity index (χ2n) is 5.63. The smallest absolute Gasteiger partial charge is 0.307 e. The van der Waals surface area contributed by atoms with Crippen LogP contribution in [0.4, 0.5) is 0 Å². The molecule has 1 aromatic carbocycles. The third-order valence-electron chi connectivity index (χ3n) is 3.64. The summed E-state index contributed by atoms with van der Waals surface area (Å²) in [4.78, 5) is 15.3. The highest BCUT2D eigenvalue weighted by molar-refractivity contribution is 5.80. The Labute approximate surface area is 144 Å². The molecule has 134 valence electrons. The normalized spacial score (nSPS) is 12.5. The van der Waals surface area contributed by atoms with Crippen molar-refractivity contribution in [1.82, 2.24) is 10.6 Å². The number of nitrogens with zero attached hydrogens (tertiary/aromatic N) is 1. The van der Waals surface area contributed by atoms with Crippen molar-refractivity contribution < 1.29 is 14.3 Å². The van der Waals surface area contributed by atoms with Crippen LogP contribution in [0.3, 0.4) is 0 Å². The van der Waals surface area contributed by atoms with Gasteiger partial charge in [0.05, 0.1) is 19.6 Å². The summed E-state index contributed by atoms with van der Waals surface area (Å²) >= 11 is 0. The topological polar surface area (TPSA) is 72.0 Å². The number of carbonyl (C=O) groups excluding carboxylic acids is 1. The zero-order chi connectivity index (χ0) is 17.9. The molecule has 0 aliphatic rings. The fourth-order valence-corrected chi connectivity index (χ4v) is 2.00. The molecule has 1 aromatic rings. The number of aliphatic imine (C=N–C) groups is 1. The van der Waals surface area contributed by atoms with Gasteiger partial charge in [0, 0.05) is 25.7 Å². The van der Waals surface area contributed by atoms with Crippen molar-refractivity contribution in [3.63, 3.8) is 0 Å². The Bertz CT molecular complexity index is 558. The summed E-state index contributed by atoms with van der Waals surface area (Å²) in [5.41, 5.74) is 2.23. The minimum atomic E-state index is -0.249. The van der Waals surface area contributed by atoms with E-state index in [-0.39, 0.29) is 12.1 Å². The molecule has 0 amide bonds. The van der Waals surface area contributed by atoms with Gasteiger partial charge in [-0.1, -0.05) is 19.1 Å². The molecule has 0 saturated carbocycles. The highest BCUT2D eigenvalue weighted by Crippen LogP contribution is 2.22. The third kappa shape index (κ3) is 6.89. The van der Waals surface area contributed by atoms with Crippen molar-refractivity contribution in [3.8, 4) is 5.75 Å². The highest BCUT2D eigenvalue weighted by atomic mass is 16.5. The van der Waals surface area contributed by atoms with Crippen molar-refractivity contribution in [3.05, 3.63) is 29.3 Å². The van der Waals surface area contributed by atoms with Crippen LogP contribution in [0, 0.1) is 6.92 Å². The first-order valence-corrected chi connectivity index (χ1v) is 8.27. The maximum atomic E-state index is 11.1. The molecule has 2 N–H and O–H groups in total. The van der Waals surface area contributed by atoms with E-state index in [2.05, 4.69) is 52.4 Å². The van der Waals surface area contributed by atoms with Crippen molar-refractivity contribution in [2.75, 3.05) is 20.7 Å². The lowest BCUT2D eigenvalue weighted by Crippen LogP contribution is -2.38. The summed E-state index contributed by atoms with van der Waals surface area (Å²) in [5, 5.41) is 6.32. The predicted octanol–water partition coefficient (Wildman–Crippen LogP) is 2.40. The zero-order valence-corrected chi connectivity index (χ0v) is 15.3. The Morgan fingerprint density at radius 1 is 1.33 bits per heavy atom. The van der Waals surface area contributed by atoms with Crippen LogP contribution in [-0.4, -0.2) is 38.7 Å². The van der Waals surface area contributed by atoms with Crippen LogP contribution in [0.1, 0.15) is 37.8 Å². The van der Waals surface area contributed by atoms with Gasteiger partial charge in [0.2, 0.25) is 0 Å². The second kappa shape index (κ2) is 10.5. The first kappa shape index (κ1) is 19.8. The van der Waals surface area contributed by atoms with Gasteiger partial charge in [0.25, 0.3) is 0 Å². The molecule has 1 rings (SSSR count). The highest BCUT2D eigenvalue weighted by Gasteiger charge is 2.09. The SMILES string of the molecule is CCC(C)Oc1cc(C)ccc1CNC(=NC)NCCC(=O)OC. The summed E-state index contributed by atoms with van der Waals surface area (Å²) in [6.07, 6.45) is 1.42. The minimum absolute atomic E-state index is 0.169. The molecule has 0 bridgehead atoms. The van der Waals surface area contributed by atoms with E-state index in [9.17, 15) is 4.79 Å². The number of methoxy groups -OCH3 is 1. The van der Waals surface area contributed by atoms with E-state index >= 15 is 0 Å². The lowest BCUT2D eigenvalue weighted by Gasteiger charge is -2.18. The summed E-state index contributed by atoms with van der Waals surface area (Å²) in [7, 11) is 3.07. The standard InChI is InChI=1S/C18H29N3O3/c1-6-14(3)24-16-11-13(2)7-8-15(16)12-21-18(19-4)20-10-9-17(22)23-5/h7-8,11,14H,6,9-10,12H2,1-5H3,(H2,19,20,21). The fraction of sp³-hybridized carbons (Fsp3) is 0.556. The van der Waals surface area contributed by atoms with E-state index < -0.39 is 0 Å². The maximum Gasteiger partial charge on any atom is 0.307 e. The molecule has 0 aliphatic heterocycles. The predicted molar refractivity (Wildman–Crippen MR) is 96.4 cm³/mol. The Balaban J connectivity index is 2.62. The Kier molecular flexibility index (Phi) is 8.68. The Hall–Kier alpha value is -2.24. The number of esters is 1. The van der Waals surface area contributed by atoms with E-state index in [4.69, 9.17) is 4.74 Å². The van der Waals surface area contributed by atoms with E-state index in [0.29, 0.717) is 25.5 Å². The average molecular weight is 335 g/mol. The molecular formula is C18H29N3O3. The van der Waals surface area contributed by atoms with Crippen LogP contribution < -0.4 is 15.4 Å². The number of rotatable bonds is 8. The van der Waals surface area contributed by atoms with E-state index in [0.717, 1.165) is 23.3 Å². The van der Waals surface area contributed by atoms with Gasteiger partial charge in [-0.25, -0.2) is 0 Å². The number of guanidine groups is 1. The molecule has 1 unspecified atom stereocenters. The lowest BCUT2D eigenvalue weighted by molar-refractivity contribution is -0.140. The van der Waals surface area contributed by atoms with Crippen LogP contribution in [-0.2, 0) is 16.1 Å². The zero-order valence-electron chi connectivity index (χ0n) is 15.3. The Morgan fingerprint density at radius 2 is 2.08 bits per heavy atom. The molecule has 0 radical (unpaired) electrons. The first-order chi connectivity index (χ1) is 11.5. The van der Waals surface area contributed by atoms with Gasteiger partial charge >= 0.3 is 5.97 Å². The largest absolute Gasteiger partial charge is 0.490 e. The monoisotopic (exact) mass is 335 g/mol. The molecule has 0 fully saturated rings. The summed E-state index contributed by atoms with van der Waals surface area (Å²) in [6, 6.07) is 6.17. The summed E-state index contributed by atoms with van der Waals surface area (Å²) in [6.45, 7) is 7.27. The average Bonchev–Trinajstić information content (AvgIpc) is 2.58. The number of hydrogen-bond donors (Lipinski definition) is 2. The number of carbonyl (C=O) groups is 1. The van der Waals surface area contributed by atoms with Crippen LogP contribution in [0.25, 0.3) is 0 Å². The third-order valence-corrected chi connectivity index (χ3v) is 3.64. The molecule has 24 heavy (non-hydrogen) atoms. The van der Waals surface area contributed by atoms with Gasteiger partial charge in [-0.15, -0.1) is 0 Å². The van der Waals surface area contributed by atoms with Gasteiger partial charge in [-0.05, 0) is 31.9 Å². The number of ether oxygens (including phenoxy) is 2. The lowest BCUT2D eigenvalue weighted by atomic mass is 10.1. The molecule has 0 saturated heterocycles. The van der Waals surface area contributed by atoms with Gasteiger partial charge in [0.1, 0.15) is 5.75 Å². The van der Waals surface area contributed by atoms with Crippen LogP contribution >= 0.6 is 0 Å². The molecule has 0 heterocycles. The van der Waals surface area contributed by atoms with Gasteiger partial charge in [-0.3, -0.25) is 9.79 Å². The molecule has 6 nitrogen and oxygen atoms in total. The van der Waals surface area contributed by atoms with Crippen LogP contribution in [0.5, 0.6) is 5.75 Å². The van der Waals surface area contributed by atoms with Crippen LogP contribution in [0.15, 0.2) is 23.2 Å². The maximum absolute atomic E-state index is 11.1. The number of benzene rings is 1. The second-order valence-corrected chi connectivity index (χ2v) is 5.63. The van der Waals surface area contributed by atoms with Gasteiger partial charge in [-0.2, -0.15) is 0 Å². The quantitative estimate of drug-likeness (QED) is 0.434. The summed E-state index contributed by atoms with van der Waals surface area (Å²) in [5.74, 6) is 1.27. The van der Waals surface area contributed by atoms with Crippen LogP contribution in [0.2, 0.25) is 0 Å². The molecule has 0 spiro atoms.